The molecule has 0 radical (unpaired) electrons. The number of rotatable bonds is 4. The second-order valence-corrected chi connectivity index (χ2v) is 4.99. The molecule has 0 saturated carbocycles. The second kappa shape index (κ2) is 6.79. The first-order valence-electron chi connectivity index (χ1n) is 6.92. The Morgan fingerprint density at radius 1 is 1.14 bits per heavy atom. The van der Waals surface area contributed by atoms with Crippen LogP contribution in [0.25, 0.3) is 0 Å². The van der Waals surface area contributed by atoms with Crippen LogP contribution in [0.5, 0.6) is 5.75 Å². The number of urea groups is 1. The van der Waals surface area contributed by atoms with Gasteiger partial charge in [0.2, 0.25) is 0 Å². The smallest absolute Gasteiger partial charge is 0.317 e. The van der Waals surface area contributed by atoms with E-state index in [4.69, 9.17) is 0 Å². The number of phenolic OH excluding ortho intramolecular Hbond substituents is 1. The number of carbonyl (C=O) groups is 1. The number of benzene rings is 2. The Labute approximate surface area is 125 Å². The molecular formula is C17H20N2O2. The lowest BCUT2D eigenvalue weighted by Gasteiger charge is -2.26. The third-order valence-corrected chi connectivity index (χ3v) is 3.57. The van der Waals surface area contributed by atoms with Crippen LogP contribution in [0.4, 0.5) is 4.79 Å². The highest BCUT2D eigenvalue weighted by Gasteiger charge is 2.19. The molecule has 0 unspecified atom stereocenters. The Morgan fingerprint density at radius 2 is 1.76 bits per heavy atom. The lowest BCUT2D eigenvalue weighted by Crippen LogP contribution is -2.38. The molecule has 110 valence electrons. The lowest BCUT2D eigenvalue weighted by molar-refractivity contribution is 0.193. The predicted molar refractivity (Wildman–Crippen MR) is 83.0 cm³/mol. The van der Waals surface area contributed by atoms with Gasteiger partial charge in [-0.25, -0.2) is 4.79 Å². The van der Waals surface area contributed by atoms with Gasteiger partial charge in [0, 0.05) is 19.2 Å². The Hall–Kier alpha value is -2.49. The Kier molecular flexibility index (Phi) is 4.82. The topological polar surface area (TPSA) is 52.6 Å². The van der Waals surface area contributed by atoms with Gasteiger partial charge in [-0.15, -0.1) is 0 Å². The number of amides is 2. The maximum absolute atomic E-state index is 12.2. The van der Waals surface area contributed by atoms with Crippen LogP contribution >= 0.6 is 0 Å². The molecular weight excluding hydrogens is 264 g/mol. The van der Waals surface area contributed by atoms with Crippen LogP contribution in [0.3, 0.4) is 0 Å². The first-order chi connectivity index (χ1) is 10.1. The minimum Gasteiger partial charge on any atom is -0.508 e. The van der Waals surface area contributed by atoms with Crippen molar-refractivity contribution in [2.24, 2.45) is 0 Å². The average Bonchev–Trinajstić information content (AvgIpc) is 2.52. The largest absolute Gasteiger partial charge is 0.508 e. The summed E-state index contributed by atoms with van der Waals surface area (Å²) in [6.45, 7) is 2.37. The molecule has 0 aliphatic rings. The number of hydrogen-bond donors (Lipinski definition) is 2. The molecule has 4 nitrogen and oxygen atoms in total. The van der Waals surface area contributed by atoms with Gasteiger partial charge < -0.3 is 15.3 Å². The fourth-order valence-electron chi connectivity index (χ4n) is 2.12. The lowest BCUT2D eigenvalue weighted by atomic mass is 10.1. The molecule has 0 fully saturated rings. The maximum atomic E-state index is 12.2. The Morgan fingerprint density at radius 3 is 2.43 bits per heavy atom. The molecule has 0 saturated heterocycles. The van der Waals surface area contributed by atoms with E-state index in [9.17, 15) is 9.90 Å². The van der Waals surface area contributed by atoms with Crippen LogP contribution in [0.1, 0.15) is 24.1 Å². The van der Waals surface area contributed by atoms with Gasteiger partial charge in [0.1, 0.15) is 5.75 Å². The van der Waals surface area contributed by atoms with E-state index < -0.39 is 0 Å². The molecule has 0 bridgehead atoms. The van der Waals surface area contributed by atoms with E-state index in [1.807, 2.05) is 49.4 Å². The minimum absolute atomic E-state index is 0.172. The summed E-state index contributed by atoms with van der Waals surface area (Å²) in [5.41, 5.74) is 1.78. The number of para-hydroxylation sites is 1. The molecule has 1 atom stereocenters. The van der Waals surface area contributed by atoms with Crippen molar-refractivity contribution in [3.05, 3.63) is 65.7 Å². The van der Waals surface area contributed by atoms with Crippen molar-refractivity contribution >= 4 is 6.03 Å². The Balaban J connectivity index is 1.97. The summed E-state index contributed by atoms with van der Waals surface area (Å²) < 4.78 is 0. The SMILES string of the molecule is C[C@@H](c1ccccc1O)N(C)C(=O)NCc1ccccc1. The molecule has 2 N–H and O–H groups in total. The summed E-state index contributed by atoms with van der Waals surface area (Å²) in [4.78, 5) is 13.8. The summed E-state index contributed by atoms with van der Waals surface area (Å²) in [5.74, 6) is 0.202. The molecule has 0 aliphatic heterocycles. The van der Waals surface area contributed by atoms with Gasteiger partial charge in [0.05, 0.1) is 6.04 Å². The van der Waals surface area contributed by atoms with Gasteiger partial charge in [0.25, 0.3) is 0 Å². The maximum Gasteiger partial charge on any atom is 0.317 e. The fraction of sp³-hybridized carbons (Fsp3) is 0.235. The number of hydrogen-bond acceptors (Lipinski definition) is 2. The van der Waals surface area contributed by atoms with Gasteiger partial charge >= 0.3 is 6.03 Å². The monoisotopic (exact) mass is 284 g/mol. The van der Waals surface area contributed by atoms with Crippen molar-refractivity contribution in [1.82, 2.24) is 10.2 Å². The van der Waals surface area contributed by atoms with E-state index in [2.05, 4.69) is 5.32 Å². The van der Waals surface area contributed by atoms with E-state index in [1.54, 1.807) is 24.1 Å². The zero-order valence-corrected chi connectivity index (χ0v) is 12.3. The van der Waals surface area contributed by atoms with E-state index in [1.165, 1.54) is 0 Å². The number of nitrogens with one attached hydrogen (secondary N) is 1. The summed E-state index contributed by atoms with van der Waals surface area (Å²) in [7, 11) is 1.72. The first-order valence-corrected chi connectivity index (χ1v) is 6.92. The number of nitrogens with zero attached hydrogens (tertiary/aromatic N) is 1. The summed E-state index contributed by atoms with van der Waals surface area (Å²) >= 11 is 0. The van der Waals surface area contributed by atoms with Crippen LogP contribution in [0.2, 0.25) is 0 Å². The zero-order chi connectivity index (χ0) is 15.2. The second-order valence-electron chi connectivity index (χ2n) is 4.99. The Bertz CT molecular complexity index is 599. The van der Waals surface area contributed by atoms with Crippen molar-refractivity contribution in [1.29, 1.82) is 0 Å². The van der Waals surface area contributed by atoms with Gasteiger partial charge in [-0.1, -0.05) is 48.5 Å². The standard InChI is InChI=1S/C17H20N2O2/c1-13(15-10-6-7-11-16(15)20)19(2)17(21)18-12-14-8-4-3-5-9-14/h3-11,13,20H,12H2,1-2H3,(H,18,21)/t13-/m0/s1. The van der Waals surface area contributed by atoms with Crippen LogP contribution in [0.15, 0.2) is 54.6 Å². The molecule has 0 heterocycles. The van der Waals surface area contributed by atoms with Crippen LogP contribution < -0.4 is 5.32 Å². The molecule has 2 aromatic rings. The highest BCUT2D eigenvalue weighted by molar-refractivity contribution is 5.74. The molecule has 2 aromatic carbocycles. The van der Waals surface area contributed by atoms with Crippen molar-refractivity contribution in [2.75, 3.05) is 7.05 Å². The van der Waals surface area contributed by atoms with Crippen molar-refractivity contribution in [3.8, 4) is 5.75 Å². The summed E-state index contributed by atoms with van der Waals surface area (Å²) in [6, 6.07) is 16.4. The molecule has 2 rings (SSSR count). The summed E-state index contributed by atoms with van der Waals surface area (Å²) in [5, 5.41) is 12.7. The molecule has 2 amide bonds. The van der Waals surface area contributed by atoms with E-state index in [0.29, 0.717) is 6.54 Å². The highest BCUT2D eigenvalue weighted by atomic mass is 16.3. The number of aromatic hydroxyl groups is 1. The molecule has 0 aromatic heterocycles. The average molecular weight is 284 g/mol. The fourth-order valence-corrected chi connectivity index (χ4v) is 2.12. The van der Waals surface area contributed by atoms with Gasteiger partial charge in [-0.2, -0.15) is 0 Å². The first kappa shape index (κ1) is 14.9. The van der Waals surface area contributed by atoms with E-state index in [-0.39, 0.29) is 17.8 Å². The normalized spacial score (nSPS) is 11.7. The van der Waals surface area contributed by atoms with Crippen LogP contribution in [-0.4, -0.2) is 23.1 Å². The third-order valence-electron chi connectivity index (χ3n) is 3.57. The molecule has 4 heteroatoms. The van der Waals surface area contributed by atoms with Crippen molar-refractivity contribution in [2.45, 2.75) is 19.5 Å². The summed E-state index contributed by atoms with van der Waals surface area (Å²) in [6.07, 6.45) is 0. The number of phenols is 1. The predicted octanol–water partition coefficient (Wildman–Crippen LogP) is 3.29. The van der Waals surface area contributed by atoms with Crippen molar-refractivity contribution < 1.29 is 9.90 Å². The van der Waals surface area contributed by atoms with Crippen LogP contribution in [0, 0.1) is 0 Å². The number of carbonyl (C=O) groups excluding carboxylic acids is 1. The molecule has 21 heavy (non-hydrogen) atoms. The van der Waals surface area contributed by atoms with E-state index in [0.717, 1.165) is 11.1 Å². The van der Waals surface area contributed by atoms with Gasteiger partial charge in [-0.3, -0.25) is 0 Å². The van der Waals surface area contributed by atoms with Gasteiger partial charge in [-0.05, 0) is 18.6 Å². The van der Waals surface area contributed by atoms with E-state index >= 15 is 0 Å². The molecule has 0 aliphatic carbocycles. The van der Waals surface area contributed by atoms with Gasteiger partial charge in [0.15, 0.2) is 0 Å². The van der Waals surface area contributed by atoms with Crippen LogP contribution in [-0.2, 0) is 6.54 Å². The molecule has 0 spiro atoms. The van der Waals surface area contributed by atoms with Crippen molar-refractivity contribution in [3.63, 3.8) is 0 Å². The highest BCUT2D eigenvalue weighted by Crippen LogP contribution is 2.26. The third kappa shape index (κ3) is 3.75. The zero-order valence-electron chi connectivity index (χ0n) is 12.3. The minimum atomic E-state index is -0.207. The quantitative estimate of drug-likeness (QED) is 0.905.